The van der Waals surface area contributed by atoms with Gasteiger partial charge in [0.05, 0.1) is 6.61 Å². The van der Waals surface area contributed by atoms with E-state index in [1.807, 2.05) is 24.3 Å². The van der Waals surface area contributed by atoms with Crippen LogP contribution < -0.4 is 5.73 Å². The van der Waals surface area contributed by atoms with E-state index in [0.717, 1.165) is 15.8 Å². The molecule has 1 aliphatic rings. The molecule has 2 aromatic rings. The molecule has 1 aliphatic carbocycles. The largest absolute Gasteiger partial charge is 0.461 e. The van der Waals surface area contributed by atoms with Gasteiger partial charge in [-0.1, -0.05) is 19.3 Å². The summed E-state index contributed by atoms with van der Waals surface area (Å²) in [7, 11) is 0. The first-order valence-electron chi connectivity index (χ1n) is 7.18. The lowest BCUT2D eigenvalue weighted by molar-refractivity contribution is 0.0416. The molecule has 1 heterocycles. The van der Waals surface area contributed by atoms with Gasteiger partial charge in [0.2, 0.25) is 0 Å². The van der Waals surface area contributed by atoms with Gasteiger partial charge in [0.15, 0.2) is 0 Å². The molecule has 3 nitrogen and oxygen atoms in total. The number of esters is 1. The van der Waals surface area contributed by atoms with Crippen LogP contribution in [0.25, 0.3) is 10.1 Å². The summed E-state index contributed by atoms with van der Waals surface area (Å²) >= 11 is 1.47. The average molecular weight is 289 g/mol. The van der Waals surface area contributed by atoms with Gasteiger partial charge in [0.25, 0.3) is 0 Å². The van der Waals surface area contributed by atoms with Crippen LogP contribution in [0, 0.1) is 5.92 Å². The minimum atomic E-state index is -0.199. The third-order valence-electron chi connectivity index (χ3n) is 3.92. The Labute approximate surface area is 122 Å². The molecule has 1 saturated carbocycles. The number of rotatable bonds is 3. The van der Waals surface area contributed by atoms with E-state index in [9.17, 15) is 4.79 Å². The second-order valence-corrected chi connectivity index (χ2v) is 6.59. The van der Waals surface area contributed by atoms with Crippen molar-refractivity contribution in [3.63, 3.8) is 0 Å². The third-order valence-corrected chi connectivity index (χ3v) is 5.01. The van der Waals surface area contributed by atoms with E-state index >= 15 is 0 Å². The highest BCUT2D eigenvalue weighted by Gasteiger charge is 2.17. The summed E-state index contributed by atoms with van der Waals surface area (Å²) < 4.78 is 6.54. The summed E-state index contributed by atoms with van der Waals surface area (Å²) in [5, 5.41) is 1.01. The monoisotopic (exact) mass is 289 g/mol. The molecule has 0 unspecified atom stereocenters. The van der Waals surface area contributed by atoms with E-state index < -0.39 is 0 Å². The Morgan fingerprint density at radius 3 is 2.85 bits per heavy atom. The molecular weight excluding hydrogens is 270 g/mol. The second-order valence-electron chi connectivity index (χ2n) is 5.51. The van der Waals surface area contributed by atoms with Gasteiger partial charge in [-0.15, -0.1) is 11.3 Å². The van der Waals surface area contributed by atoms with E-state index in [0.29, 0.717) is 17.4 Å². The van der Waals surface area contributed by atoms with Crippen molar-refractivity contribution in [2.75, 3.05) is 12.3 Å². The summed E-state index contributed by atoms with van der Waals surface area (Å²) in [6.45, 7) is 0.565. The highest BCUT2D eigenvalue weighted by Crippen LogP contribution is 2.28. The number of hydrogen-bond donors (Lipinski definition) is 1. The number of benzene rings is 1. The molecule has 0 saturated heterocycles. The molecule has 1 fully saturated rings. The first-order chi connectivity index (χ1) is 9.72. The van der Waals surface area contributed by atoms with Crippen molar-refractivity contribution in [2.24, 2.45) is 5.92 Å². The minimum Gasteiger partial charge on any atom is -0.461 e. The number of thiophene rings is 1. The first-order valence-corrected chi connectivity index (χ1v) is 8.00. The Morgan fingerprint density at radius 2 is 2.05 bits per heavy atom. The van der Waals surface area contributed by atoms with E-state index in [2.05, 4.69) is 0 Å². The molecular formula is C16H19NO2S. The maximum atomic E-state index is 12.1. The molecule has 0 spiro atoms. The smallest absolute Gasteiger partial charge is 0.348 e. The third kappa shape index (κ3) is 2.96. The summed E-state index contributed by atoms with van der Waals surface area (Å²) in [5.74, 6) is 0.355. The Kier molecular flexibility index (Phi) is 3.92. The maximum absolute atomic E-state index is 12.1. The number of carbonyl (C=O) groups is 1. The van der Waals surface area contributed by atoms with Crippen molar-refractivity contribution < 1.29 is 9.53 Å². The van der Waals surface area contributed by atoms with Crippen LogP contribution in [0.5, 0.6) is 0 Å². The lowest BCUT2D eigenvalue weighted by Gasteiger charge is -2.20. The molecule has 1 aromatic heterocycles. The molecule has 20 heavy (non-hydrogen) atoms. The summed E-state index contributed by atoms with van der Waals surface area (Å²) in [6.07, 6.45) is 6.24. The fourth-order valence-electron chi connectivity index (χ4n) is 2.78. The SMILES string of the molecule is Nc1ccc2sc(C(=O)OCC3CCCCC3)cc2c1. The lowest BCUT2D eigenvalue weighted by atomic mass is 9.90. The molecule has 3 rings (SSSR count). The van der Waals surface area contributed by atoms with Gasteiger partial charge < -0.3 is 10.5 Å². The van der Waals surface area contributed by atoms with E-state index in [4.69, 9.17) is 10.5 Å². The Bertz CT molecular complexity index is 614. The van der Waals surface area contributed by atoms with Gasteiger partial charge in [-0.05, 0) is 48.4 Å². The zero-order chi connectivity index (χ0) is 13.9. The van der Waals surface area contributed by atoms with Gasteiger partial charge in [-0.25, -0.2) is 4.79 Å². The van der Waals surface area contributed by atoms with Crippen LogP contribution in [-0.2, 0) is 4.74 Å². The van der Waals surface area contributed by atoms with Crippen LogP contribution in [-0.4, -0.2) is 12.6 Å². The van der Waals surface area contributed by atoms with Crippen molar-refractivity contribution in [1.82, 2.24) is 0 Å². The van der Waals surface area contributed by atoms with Crippen molar-refractivity contribution in [2.45, 2.75) is 32.1 Å². The standard InChI is InChI=1S/C16H19NO2S/c17-13-6-7-14-12(8-13)9-15(20-14)16(18)19-10-11-4-2-1-3-5-11/h6-9,11H,1-5,10,17H2. The summed E-state index contributed by atoms with van der Waals surface area (Å²) in [6, 6.07) is 7.58. The van der Waals surface area contributed by atoms with E-state index in [-0.39, 0.29) is 5.97 Å². The quantitative estimate of drug-likeness (QED) is 0.680. The zero-order valence-electron chi connectivity index (χ0n) is 11.4. The molecule has 0 radical (unpaired) electrons. The van der Waals surface area contributed by atoms with Crippen molar-refractivity contribution >= 4 is 33.1 Å². The van der Waals surface area contributed by atoms with Gasteiger partial charge in [-0.2, -0.15) is 0 Å². The molecule has 106 valence electrons. The summed E-state index contributed by atoms with van der Waals surface area (Å²) in [4.78, 5) is 12.8. The van der Waals surface area contributed by atoms with Gasteiger partial charge >= 0.3 is 5.97 Å². The number of fused-ring (bicyclic) bond motifs is 1. The first kappa shape index (κ1) is 13.4. The average Bonchev–Trinajstić information content (AvgIpc) is 2.89. The Morgan fingerprint density at radius 1 is 1.25 bits per heavy atom. The molecule has 2 N–H and O–H groups in total. The van der Waals surface area contributed by atoms with Gasteiger partial charge in [0, 0.05) is 10.4 Å². The lowest BCUT2D eigenvalue weighted by Crippen LogP contribution is -2.16. The molecule has 0 atom stereocenters. The van der Waals surface area contributed by atoms with Crippen LogP contribution >= 0.6 is 11.3 Å². The highest BCUT2D eigenvalue weighted by atomic mass is 32.1. The maximum Gasteiger partial charge on any atom is 0.348 e. The van der Waals surface area contributed by atoms with Crippen LogP contribution in [0.15, 0.2) is 24.3 Å². The van der Waals surface area contributed by atoms with Gasteiger partial charge in [-0.3, -0.25) is 0 Å². The minimum absolute atomic E-state index is 0.199. The fourth-order valence-corrected chi connectivity index (χ4v) is 3.72. The number of nitrogens with two attached hydrogens (primary N) is 1. The number of carbonyl (C=O) groups excluding carboxylic acids is 1. The number of nitrogen functional groups attached to an aromatic ring is 1. The van der Waals surface area contributed by atoms with E-state index in [1.54, 1.807) is 0 Å². The second kappa shape index (κ2) is 5.83. The zero-order valence-corrected chi connectivity index (χ0v) is 12.2. The molecule has 0 aliphatic heterocycles. The fraction of sp³-hybridized carbons (Fsp3) is 0.438. The topological polar surface area (TPSA) is 52.3 Å². The Hall–Kier alpha value is -1.55. The van der Waals surface area contributed by atoms with Crippen LogP contribution in [0.1, 0.15) is 41.8 Å². The van der Waals surface area contributed by atoms with Crippen molar-refractivity contribution in [3.8, 4) is 0 Å². The molecule has 0 amide bonds. The predicted octanol–water partition coefficient (Wildman–Crippen LogP) is 4.22. The molecule has 1 aromatic carbocycles. The van der Waals surface area contributed by atoms with Crippen LogP contribution in [0.2, 0.25) is 0 Å². The van der Waals surface area contributed by atoms with E-state index in [1.165, 1.54) is 43.4 Å². The number of ether oxygens (including phenoxy) is 1. The highest BCUT2D eigenvalue weighted by molar-refractivity contribution is 7.20. The molecule has 0 bridgehead atoms. The number of hydrogen-bond acceptors (Lipinski definition) is 4. The van der Waals surface area contributed by atoms with Crippen LogP contribution in [0.4, 0.5) is 5.69 Å². The summed E-state index contributed by atoms with van der Waals surface area (Å²) in [5.41, 5.74) is 6.47. The number of anilines is 1. The Balaban J connectivity index is 1.65. The normalized spacial score (nSPS) is 16.4. The van der Waals surface area contributed by atoms with Crippen LogP contribution in [0.3, 0.4) is 0 Å². The predicted molar refractivity (Wildman–Crippen MR) is 83.1 cm³/mol. The molecule has 4 heteroatoms. The van der Waals surface area contributed by atoms with Crippen molar-refractivity contribution in [1.29, 1.82) is 0 Å². The van der Waals surface area contributed by atoms with Crippen molar-refractivity contribution in [3.05, 3.63) is 29.1 Å². The van der Waals surface area contributed by atoms with Gasteiger partial charge in [0.1, 0.15) is 4.88 Å².